The molecule has 0 bridgehead atoms. The lowest BCUT2D eigenvalue weighted by atomic mass is 10.1. The number of hydrogen-bond acceptors (Lipinski definition) is 4. The van der Waals surface area contributed by atoms with E-state index >= 15 is 0 Å². The molecule has 0 atom stereocenters. The van der Waals surface area contributed by atoms with Crippen molar-refractivity contribution >= 4 is 38.5 Å². The molecule has 0 spiro atoms. The number of fused-ring (bicyclic) bond motifs is 1. The van der Waals surface area contributed by atoms with Crippen molar-refractivity contribution in [2.75, 3.05) is 19.0 Å². The molecule has 5 heteroatoms. The van der Waals surface area contributed by atoms with Crippen LogP contribution in [0.1, 0.15) is 6.42 Å². The molecule has 1 heterocycles. The molecule has 0 radical (unpaired) electrons. The Morgan fingerprint density at radius 1 is 1.39 bits per heavy atom. The van der Waals surface area contributed by atoms with E-state index in [1.54, 1.807) is 6.20 Å². The molecule has 2 aromatic rings. The Kier molecular flexibility index (Phi) is 4.15. The highest BCUT2D eigenvalue weighted by atomic mass is 79.9. The molecule has 0 aliphatic heterocycles. The number of benzene rings is 1. The van der Waals surface area contributed by atoms with Crippen molar-refractivity contribution in [3.05, 3.63) is 34.9 Å². The van der Waals surface area contributed by atoms with Crippen LogP contribution < -0.4 is 5.32 Å². The molecule has 1 aromatic heterocycles. The van der Waals surface area contributed by atoms with Crippen molar-refractivity contribution in [3.63, 3.8) is 0 Å². The molecule has 0 saturated carbocycles. The number of nitrogens with one attached hydrogen (secondary N) is 1. The van der Waals surface area contributed by atoms with E-state index in [2.05, 4.69) is 31.0 Å². The Hall–Kier alpha value is -1.62. The summed E-state index contributed by atoms with van der Waals surface area (Å²) in [6, 6.07) is 7.89. The molecular weight excluding hydrogens is 296 g/mol. The zero-order valence-corrected chi connectivity index (χ0v) is 11.5. The zero-order chi connectivity index (χ0) is 13.0. The van der Waals surface area contributed by atoms with Crippen LogP contribution in [0.3, 0.4) is 0 Å². The summed E-state index contributed by atoms with van der Waals surface area (Å²) in [5, 5.41) is 5.26. The molecule has 94 valence electrons. The zero-order valence-electron chi connectivity index (χ0n) is 9.94. The molecule has 4 nitrogen and oxygen atoms in total. The van der Waals surface area contributed by atoms with E-state index in [1.165, 1.54) is 7.11 Å². The van der Waals surface area contributed by atoms with Crippen molar-refractivity contribution in [2.45, 2.75) is 6.42 Å². The third kappa shape index (κ3) is 2.79. The molecule has 0 aliphatic carbocycles. The summed E-state index contributed by atoms with van der Waals surface area (Å²) in [6.45, 7) is 0.505. The number of anilines is 1. The lowest BCUT2D eigenvalue weighted by Crippen LogP contribution is -2.10. The number of carbonyl (C=O) groups excluding carboxylic acids is 1. The molecule has 0 unspecified atom stereocenters. The Balaban J connectivity index is 2.18. The first-order valence-electron chi connectivity index (χ1n) is 5.56. The van der Waals surface area contributed by atoms with Gasteiger partial charge in [-0.3, -0.25) is 4.79 Å². The fourth-order valence-electron chi connectivity index (χ4n) is 1.69. The molecule has 0 amide bonds. The summed E-state index contributed by atoms with van der Waals surface area (Å²) >= 11 is 3.50. The summed E-state index contributed by atoms with van der Waals surface area (Å²) in [6.07, 6.45) is 2.07. The summed E-state index contributed by atoms with van der Waals surface area (Å²) in [5.41, 5.74) is 0. The van der Waals surface area contributed by atoms with Crippen molar-refractivity contribution < 1.29 is 9.53 Å². The molecule has 0 fully saturated rings. The summed E-state index contributed by atoms with van der Waals surface area (Å²) < 4.78 is 5.61. The minimum Gasteiger partial charge on any atom is -0.469 e. The Bertz CT molecular complexity index is 572. The Morgan fingerprint density at radius 2 is 2.22 bits per heavy atom. The van der Waals surface area contributed by atoms with Gasteiger partial charge in [-0.15, -0.1) is 0 Å². The van der Waals surface area contributed by atoms with E-state index in [1.807, 2.05) is 24.3 Å². The van der Waals surface area contributed by atoms with Gasteiger partial charge < -0.3 is 10.1 Å². The third-order valence-corrected chi connectivity index (χ3v) is 3.29. The summed E-state index contributed by atoms with van der Waals surface area (Å²) in [5.74, 6) is 0.543. The average molecular weight is 309 g/mol. The number of aromatic nitrogens is 1. The van der Waals surface area contributed by atoms with Gasteiger partial charge >= 0.3 is 5.97 Å². The third-order valence-electron chi connectivity index (χ3n) is 2.60. The molecular formula is C13H13BrN2O2. The summed E-state index contributed by atoms with van der Waals surface area (Å²) in [7, 11) is 1.38. The normalized spacial score (nSPS) is 10.3. The average Bonchev–Trinajstić information content (AvgIpc) is 2.39. The highest BCUT2D eigenvalue weighted by Crippen LogP contribution is 2.27. The molecule has 0 saturated heterocycles. The smallest absolute Gasteiger partial charge is 0.307 e. The predicted molar refractivity (Wildman–Crippen MR) is 74.6 cm³/mol. The van der Waals surface area contributed by atoms with Crippen LogP contribution in [-0.4, -0.2) is 24.6 Å². The summed E-state index contributed by atoms with van der Waals surface area (Å²) in [4.78, 5) is 15.3. The number of halogens is 1. The van der Waals surface area contributed by atoms with E-state index < -0.39 is 0 Å². The van der Waals surface area contributed by atoms with Crippen molar-refractivity contribution in [3.8, 4) is 0 Å². The number of nitrogens with zero attached hydrogens (tertiary/aromatic N) is 1. The van der Waals surface area contributed by atoms with Gasteiger partial charge in [0.1, 0.15) is 5.82 Å². The highest BCUT2D eigenvalue weighted by Gasteiger charge is 2.05. The number of ether oxygens (including phenoxy) is 1. The molecule has 1 aromatic carbocycles. The first kappa shape index (κ1) is 12.8. The van der Waals surface area contributed by atoms with Crippen LogP contribution in [0.25, 0.3) is 10.8 Å². The largest absolute Gasteiger partial charge is 0.469 e. The van der Waals surface area contributed by atoms with Crippen LogP contribution in [0.15, 0.2) is 34.9 Å². The lowest BCUT2D eigenvalue weighted by Gasteiger charge is -2.08. The van der Waals surface area contributed by atoms with E-state index in [4.69, 9.17) is 0 Å². The van der Waals surface area contributed by atoms with E-state index in [9.17, 15) is 4.79 Å². The van der Waals surface area contributed by atoms with E-state index in [-0.39, 0.29) is 5.97 Å². The minimum atomic E-state index is -0.232. The maximum atomic E-state index is 11.0. The standard InChI is InChI=1S/C13H13BrN2O2/c1-18-12(17)6-8-16-13-10-3-2-4-11(14)9(10)5-7-15-13/h2-5,7H,6,8H2,1H3,(H,15,16). The topological polar surface area (TPSA) is 51.2 Å². The van der Waals surface area contributed by atoms with Gasteiger partial charge in [-0.05, 0) is 12.1 Å². The van der Waals surface area contributed by atoms with Gasteiger partial charge in [-0.25, -0.2) is 4.98 Å². The molecule has 0 aliphatic rings. The van der Waals surface area contributed by atoms with Gasteiger partial charge in [-0.2, -0.15) is 0 Å². The quantitative estimate of drug-likeness (QED) is 0.882. The van der Waals surface area contributed by atoms with E-state index in [0.717, 1.165) is 21.1 Å². The fourth-order valence-corrected chi connectivity index (χ4v) is 2.19. The van der Waals surface area contributed by atoms with Gasteiger partial charge in [0.15, 0.2) is 0 Å². The van der Waals surface area contributed by atoms with Crippen LogP contribution in [0.2, 0.25) is 0 Å². The number of esters is 1. The molecule has 18 heavy (non-hydrogen) atoms. The van der Waals surface area contributed by atoms with Gasteiger partial charge in [0, 0.05) is 28.0 Å². The number of rotatable bonds is 4. The number of methoxy groups -OCH3 is 1. The second-order valence-corrected chi connectivity index (χ2v) is 4.60. The monoisotopic (exact) mass is 308 g/mol. The number of pyridine rings is 1. The predicted octanol–water partition coefficient (Wildman–Crippen LogP) is 2.97. The minimum absolute atomic E-state index is 0.232. The highest BCUT2D eigenvalue weighted by molar-refractivity contribution is 9.10. The maximum absolute atomic E-state index is 11.0. The van der Waals surface area contributed by atoms with Crippen LogP contribution in [0.4, 0.5) is 5.82 Å². The second-order valence-electron chi connectivity index (χ2n) is 3.75. The SMILES string of the molecule is COC(=O)CCNc1nccc2c(Br)cccc12. The van der Waals surface area contributed by atoms with Crippen molar-refractivity contribution in [1.29, 1.82) is 0 Å². The van der Waals surface area contributed by atoms with Crippen LogP contribution in [0.5, 0.6) is 0 Å². The second kappa shape index (κ2) is 5.82. The van der Waals surface area contributed by atoms with Crippen molar-refractivity contribution in [1.82, 2.24) is 4.98 Å². The molecule has 1 N–H and O–H groups in total. The van der Waals surface area contributed by atoms with Gasteiger partial charge in [-0.1, -0.05) is 28.1 Å². The Morgan fingerprint density at radius 3 is 3.00 bits per heavy atom. The first-order valence-corrected chi connectivity index (χ1v) is 6.35. The molecule has 2 rings (SSSR count). The van der Waals surface area contributed by atoms with Crippen LogP contribution in [0, 0.1) is 0 Å². The maximum Gasteiger partial charge on any atom is 0.307 e. The Labute approximate surface area is 113 Å². The lowest BCUT2D eigenvalue weighted by molar-refractivity contribution is -0.140. The van der Waals surface area contributed by atoms with Crippen molar-refractivity contribution in [2.24, 2.45) is 0 Å². The van der Waals surface area contributed by atoms with Gasteiger partial charge in [0.05, 0.1) is 13.5 Å². The van der Waals surface area contributed by atoms with Crippen LogP contribution in [-0.2, 0) is 9.53 Å². The van der Waals surface area contributed by atoms with Gasteiger partial charge in [0.25, 0.3) is 0 Å². The first-order chi connectivity index (χ1) is 8.72. The number of carbonyl (C=O) groups is 1. The fraction of sp³-hybridized carbons (Fsp3) is 0.231. The number of hydrogen-bond donors (Lipinski definition) is 1. The van der Waals surface area contributed by atoms with Crippen LogP contribution >= 0.6 is 15.9 Å². The van der Waals surface area contributed by atoms with Gasteiger partial charge in [0.2, 0.25) is 0 Å². The van der Waals surface area contributed by atoms with E-state index in [0.29, 0.717) is 13.0 Å².